The summed E-state index contributed by atoms with van der Waals surface area (Å²) in [4.78, 5) is 0. The molecule has 2 aromatic rings. The molecule has 1 aromatic carbocycles. The van der Waals surface area contributed by atoms with E-state index in [0.717, 1.165) is 26.4 Å². The molecule has 0 aliphatic rings. The zero-order chi connectivity index (χ0) is 13.1. The van der Waals surface area contributed by atoms with Gasteiger partial charge >= 0.3 is 0 Å². The van der Waals surface area contributed by atoms with Gasteiger partial charge in [-0.2, -0.15) is 5.10 Å². The van der Waals surface area contributed by atoms with Crippen LogP contribution in [0.5, 0.6) is 0 Å². The lowest BCUT2D eigenvalue weighted by molar-refractivity contribution is 0.532. The minimum Gasteiger partial charge on any atom is -0.380 e. The third kappa shape index (κ3) is 3.38. The van der Waals surface area contributed by atoms with Gasteiger partial charge in [-0.05, 0) is 54.6 Å². The maximum atomic E-state index is 6.16. The molecule has 0 saturated carbocycles. The van der Waals surface area contributed by atoms with E-state index in [2.05, 4.69) is 53.1 Å². The van der Waals surface area contributed by atoms with Gasteiger partial charge in [0.05, 0.1) is 16.9 Å². The summed E-state index contributed by atoms with van der Waals surface area (Å²) in [6.45, 7) is 4.95. The highest BCUT2D eigenvalue weighted by Crippen LogP contribution is 2.24. The Balaban J connectivity index is 2.02. The number of nitrogens with one attached hydrogen (secondary N) is 1. The van der Waals surface area contributed by atoms with Crippen molar-refractivity contribution in [3.05, 3.63) is 44.7 Å². The lowest BCUT2D eigenvalue weighted by atomic mass is 10.3. The normalized spacial score (nSPS) is 10.9. The Hall–Kier alpha value is -0.750. The van der Waals surface area contributed by atoms with Crippen LogP contribution >= 0.6 is 34.2 Å². The average molecular weight is 376 g/mol. The van der Waals surface area contributed by atoms with Crippen molar-refractivity contribution < 1.29 is 0 Å². The van der Waals surface area contributed by atoms with E-state index < -0.39 is 0 Å². The molecule has 0 atom stereocenters. The second-order valence-electron chi connectivity index (χ2n) is 4.40. The van der Waals surface area contributed by atoms with E-state index in [1.807, 2.05) is 29.1 Å². The fourth-order valence-corrected chi connectivity index (χ4v) is 2.50. The van der Waals surface area contributed by atoms with Crippen LogP contribution in [0.15, 0.2) is 30.6 Å². The minimum absolute atomic E-state index is 0.389. The van der Waals surface area contributed by atoms with Gasteiger partial charge in [-0.1, -0.05) is 11.6 Å². The summed E-state index contributed by atoms with van der Waals surface area (Å²) in [6, 6.07) is 6.37. The van der Waals surface area contributed by atoms with E-state index in [-0.39, 0.29) is 0 Å². The predicted molar refractivity (Wildman–Crippen MR) is 84.1 cm³/mol. The molecule has 2 rings (SSSR count). The van der Waals surface area contributed by atoms with Crippen LogP contribution in [-0.2, 0) is 6.54 Å². The highest BCUT2D eigenvalue weighted by Gasteiger charge is 2.03. The van der Waals surface area contributed by atoms with Crippen LogP contribution in [0, 0.1) is 3.57 Å². The van der Waals surface area contributed by atoms with Crippen molar-refractivity contribution in [2.75, 3.05) is 5.32 Å². The van der Waals surface area contributed by atoms with Gasteiger partial charge in [0, 0.05) is 27.9 Å². The molecule has 0 amide bonds. The predicted octanol–water partition coefficient (Wildman–Crippen LogP) is 4.33. The Morgan fingerprint density at radius 3 is 2.83 bits per heavy atom. The number of anilines is 1. The number of benzene rings is 1. The Kier molecular flexibility index (Phi) is 4.50. The first-order chi connectivity index (χ1) is 8.56. The first kappa shape index (κ1) is 13.7. The molecular formula is C13H15ClIN3. The van der Waals surface area contributed by atoms with E-state index in [0.29, 0.717) is 6.04 Å². The molecule has 96 valence electrons. The topological polar surface area (TPSA) is 29.9 Å². The number of halogens is 2. The van der Waals surface area contributed by atoms with Crippen LogP contribution in [0.2, 0.25) is 5.02 Å². The van der Waals surface area contributed by atoms with Gasteiger partial charge in [0.25, 0.3) is 0 Å². The molecule has 18 heavy (non-hydrogen) atoms. The zero-order valence-electron chi connectivity index (χ0n) is 10.3. The first-order valence-corrected chi connectivity index (χ1v) is 7.24. The third-order valence-corrected chi connectivity index (χ3v) is 3.58. The highest BCUT2D eigenvalue weighted by atomic mass is 127. The molecule has 1 aromatic heterocycles. The largest absolute Gasteiger partial charge is 0.380 e. The summed E-state index contributed by atoms with van der Waals surface area (Å²) in [5.74, 6) is 0. The molecule has 0 aliphatic carbocycles. The molecule has 0 radical (unpaired) electrons. The van der Waals surface area contributed by atoms with Crippen LogP contribution in [0.25, 0.3) is 0 Å². The van der Waals surface area contributed by atoms with Crippen LogP contribution in [-0.4, -0.2) is 9.78 Å². The van der Waals surface area contributed by atoms with Crippen LogP contribution in [0.3, 0.4) is 0 Å². The summed E-state index contributed by atoms with van der Waals surface area (Å²) >= 11 is 8.41. The van der Waals surface area contributed by atoms with E-state index in [4.69, 9.17) is 11.6 Å². The summed E-state index contributed by atoms with van der Waals surface area (Å²) in [6.07, 6.45) is 3.94. The van der Waals surface area contributed by atoms with E-state index in [1.165, 1.54) is 0 Å². The quantitative estimate of drug-likeness (QED) is 0.806. The van der Waals surface area contributed by atoms with Crippen LogP contribution in [0.4, 0.5) is 5.69 Å². The number of hydrogen-bond donors (Lipinski definition) is 1. The molecule has 1 N–H and O–H groups in total. The molecule has 0 saturated heterocycles. The summed E-state index contributed by atoms with van der Waals surface area (Å²) < 4.78 is 3.09. The number of aromatic nitrogens is 2. The smallest absolute Gasteiger partial charge is 0.0648 e. The molecule has 0 spiro atoms. The number of rotatable bonds is 4. The molecule has 0 unspecified atom stereocenters. The van der Waals surface area contributed by atoms with Crippen molar-refractivity contribution in [2.45, 2.75) is 26.4 Å². The number of nitrogens with zero attached hydrogens (tertiary/aromatic N) is 2. The van der Waals surface area contributed by atoms with Gasteiger partial charge in [0.15, 0.2) is 0 Å². The monoisotopic (exact) mass is 375 g/mol. The van der Waals surface area contributed by atoms with Crippen LogP contribution < -0.4 is 5.32 Å². The summed E-state index contributed by atoms with van der Waals surface area (Å²) in [5, 5.41) is 8.38. The van der Waals surface area contributed by atoms with Gasteiger partial charge in [-0.25, -0.2) is 0 Å². The fourth-order valence-electron chi connectivity index (χ4n) is 1.58. The molecule has 1 heterocycles. The highest BCUT2D eigenvalue weighted by molar-refractivity contribution is 14.1. The van der Waals surface area contributed by atoms with Gasteiger partial charge in [0.2, 0.25) is 0 Å². The van der Waals surface area contributed by atoms with Gasteiger partial charge in [0.1, 0.15) is 0 Å². The minimum atomic E-state index is 0.389. The lowest BCUT2D eigenvalue weighted by Crippen LogP contribution is -2.01. The second kappa shape index (κ2) is 5.93. The van der Waals surface area contributed by atoms with E-state index in [9.17, 15) is 0 Å². The SMILES string of the molecule is CC(C)n1cc(CNc2ccc(I)cc2Cl)cn1. The van der Waals surface area contributed by atoms with E-state index in [1.54, 1.807) is 0 Å². The van der Waals surface area contributed by atoms with Crippen molar-refractivity contribution in [3.8, 4) is 0 Å². The van der Waals surface area contributed by atoms with Gasteiger partial charge in [-0.15, -0.1) is 0 Å². The Bertz CT molecular complexity index is 537. The van der Waals surface area contributed by atoms with Crippen LogP contribution in [0.1, 0.15) is 25.5 Å². The van der Waals surface area contributed by atoms with Crippen molar-refractivity contribution in [3.63, 3.8) is 0 Å². The molecule has 5 heteroatoms. The standard InChI is InChI=1S/C13H15ClIN3/c1-9(2)18-8-10(7-17-18)6-16-13-4-3-11(15)5-12(13)14/h3-5,7-9,16H,6H2,1-2H3. The van der Waals surface area contributed by atoms with Crippen molar-refractivity contribution in [1.82, 2.24) is 9.78 Å². The maximum absolute atomic E-state index is 6.16. The Labute approximate surface area is 126 Å². The van der Waals surface area contributed by atoms with Gasteiger partial charge in [-0.3, -0.25) is 4.68 Å². The Morgan fingerprint density at radius 1 is 1.44 bits per heavy atom. The number of hydrogen-bond acceptors (Lipinski definition) is 2. The van der Waals surface area contributed by atoms with Crippen molar-refractivity contribution in [2.24, 2.45) is 0 Å². The van der Waals surface area contributed by atoms with Crippen molar-refractivity contribution in [1.29, 1.82) is 0 Å². The molecule has 0 fully saturated rings. The van der Waals surface area contributed by atoms with E-state index >= 15 is 0 Å². The third-order valence-electron chi connectivity index (χ3n) is 2.60. The first-order valence-electron chi connectivity index (χ1n) is 5.78. The Morgan fingerprint density at radius 2 is 2.22 bits per heavy atom. The molecule has 0 aliphatic heterocycles. The average Bonchev–Trinajstić information content (AvgIpc) is 2.76. The fraction of sp³-hybridized carbons (Fsp3) is 0.308. The van der Waals surface area contributed by atoms with Crippen molar-refractivity contribution >= 4 is 39.9 Å². The second-order valence-corrected chi connectivity index (χ2v) is 6.05. The molecule has 3 nitrogen and oxygen atoms in total. The lowest BCUT2D eigenvalue weighted by Gasteiger charge is -2.07. The maximum Gasteiger partial charge on any atom is 0.0648 e. The zero-order valence-corrected chi connectivity index (χ0v) is 13.2. The molecular weight excluding hydrogens is 361 g/mol. The molecule has 0 bridgehead atoms. The summed E-state index contributed by atoms with van der Waals surface area (Å²) in [5.41, 5.74) is 2.10. The van der Waals surface area contributed by atoms with Gasteiger partial charge < -0.3 is 5.32 Å². The summed E-state index contributed by atoms with van der Waals surface area (Å²) in [7, 11) is 0.